The molecule has 1 amide bonds. The standard InChI is InChI=1S/C12H19F2NO/c1-8(16)15-11(2)5-9-3-4-12(13,14)7-10(9)6-11/h9-10H,3-7H2,1-2H3,(H,15,16)/t9?,10-,11-/m1/s1. The lowest BCUT2D eigenvalue weighted by molar-refractivity contribution is -0.120. The Balaban J connectivity index is 2.03. The number of halogens is 2. The zero-order chi connectivity index (χ0) is 12.0. The highest BCUT2D eigenvalue weighted by Crippen LogP contribution is 2.51. The topological polar surface area (TPSA) is 29.1 Å². The summed E-state index contributed by atoms with van der Waals surface area (Å²) in [6, 6.07) is 0. The van der Waals surface area contributed by atoms with E-state index in [0.717, 1.165) is 6.42 Å². The van der Waals surface area contributed by atoms with E-state index in [1.165, 1.54) is 6.92 Å². The van der Waals surface area contributed by atoms with E-state index in [1.807, 2.05) is 6.92 Å². The van der Waals surface area contributed by atoms with Gasteiger partial charge in [-0.15, -0.1) is 0 Å². The third kappa shape index (κ3) is 2.36. The smallest absolute Gasteiger partial charge is 0.248 e. The summed E-state index contributed by atoms with van der Waals surface area (Å²) in [6.45, 7) is 3.46. The molecule has 4 heteroatoms. The molecule has 2 aliphatic carbocycles. The van der Waals surface area contributed by atoms with Crippen molar-refractivity contribution in [2.24, 2.45) is 11.8 Å². The van der Waals surface area contributed by atoms with Gasteiger partial charge >= 0.3 is 0 Å². The molecule has 2 rings (SSSR count). The number of nitrogens with one attached hydrogen (secondary N) is 1. The van der Waals surface area contributed by atoms with E-state index in [4.69, 9.17) is 0 Å². The molecular formula is C12H19F2NO. The van der Waals surface area contributed by atoms with Gasteiger partial charge in [0, 0.05) is 25.3 Å². The largest absolute Gasteiger partial charge is 0.351 e. The average molecular weight is 231 g/mol. The molecule has 2 aliphatic rings. The predicted octanol–water partition coefficient (Wildman–Crippen LogP) is 2.73. The Labute approximate surface area is 94.8 Å². The second kappa shape index (κ2) is 3.67. The molecule has 0 radical (unpaired) electrons. The van der Waals surface area contributed by atoms with Crippen molar-refractivity contribution in [2.75, 3.05) is 0 Å². The van der Waals surface area contributed by atoms with Crippen molar-refractivity contribution in [3.05, 3.63) is 0 Å². The minimum Gasteiger partial charge on any atom is -0.351 e. The fourth-order valence-corrected chi connectivity index (χ4v) is 3.56. The van der Waals surface area contributed by atoms with E-state index in [-0.39, 0.29) is 30.2 Å². The molecule has 0 spiro atoms. The van der Waals surface area contributed by atoms with Gasteiger partial charge in [-0.3, -0.25) is 4.79 Å². The van der Waals surface area contributed by atoms with Gasteiger partial charge in [0.2, 0.25) is 11.8 Å². The van der Waals surface area contributed by atoms with Crippen molar-refractivity contribution in [3.8, 4) is 0 Å². The van der Waals surface area contributed by atoms with Crippen molar-refractivity contribution < 1.29 is 13.6 Å². The molecule has 0 heterocycles. The normalized spacial score (nSPS) is 41.5. The van der Waals surface area contributed by atoms with Gasteiger partial charge in [-0.2, -0.15) is 0 Å². The molecule has 16 heavy (non-hydrogen) atoms. The number of alkyl halides is 2. The molecule has 2 fully saturated rings. The lowest BCUT2D eigenvalue weighted by Gasteiger charge is -2.31. The van der Waals surface area contributed by atoms with E-state index >= 15 is 0 Å². The molecule has 1 unspecified atom stereocenters. The Bertz CT molecular complexity index is 305. The molecule has 2 saturated carbocycles. The summed E-state index contributed by atoms with van der Waals surface area (Å²) >= 11 is 0. The average Bonchev–Trinajstić information content (AvgIpc) is 2.36. The summed E-state index contributed by atoms with van der Waals surface area (Å²) in [5.74, 6) is -2.09. The van der Waals surface area contributed by atoms with Gasteiger partial charge in [0.25, 0.3) is 0 Å². The van der Waals surface area contributed by atoms with Gasteiger partial charge in [0.15, 0.2) is 0 Å². The highest BCUT2D eigenvalue weighted by molar-refractivity contribution is 5.73. The van der Waals surface area contributed by atoms with Gasteiger partial charge < -0.3 is 5.32 Å². The third-order valence-electron chi connectivity index (χ3n) is 4.01. The van der Waals surface area contributed by atoms with E-state index in [9.17, 15) is 13.6 Å². The van der Waals surface area contributed by atoms with Gasteiger partial charge in [0.05, 0.1) is 0 Å². The van der Waals surface area contributed by atoms with Crippen LogP contribution in [0.1, 0.15) is 46.0 Å². The number of hydrogen-bond acceptors (Lipinski definition) is 1. The molecule has 0 bridgehead atoms. The van der Waals surface area contributed by atoms with Crippen molar-refractivity contribution in [2.45, 2.75) is 57.4 Å². The second-order valence-electron chi connectivity index (χ2n) is 5.77. The number of carbonyl (C=O) groups excluding carboxylic acids is 1. The van der Waals surface area contributed by atoms with E-state index in [2.05, 4.69) is 5.32 Å². The highest BCUT2D eigenvalue weighted by Gasteiger charge is 2.49. The zero-order valence-electron chi connectivity index (χ0n) is 9.85. The maximum Gasteiger partial charge on any atom is 0.248 e. The third-order valence-corrected chi connectivity index (χ3v) is 4.01. The number of carbonyl (C=O) groups is 1. The van der Waals surface area contributed by atoms with Crippen LogP contribution < -0.4 is 5.32 Å². The van der Waals surface area contributed by atoms with Gasteiger partial charge in [-0.1, -0.05) is 0 Å². The van der Waals surface area contributed by atoms with Crippen LogP contribution in [-0.4, -0.2) is 17.4 Å². The zero-order valence-corrected chi connectivity index (χ0v) is 9.85. The molecule has 0 aliphatic heterocycles. The fourth-order valence-electron chi connectivity index (χ4n) is 3.56. The summed E-state index contributed by atoms with van der Waals surface area (Å²) in [7, 11) is 0. The maximum atomic E-state index is 13.3. The number of rotatable bonds is 1. The first-order chi connectivity index (χ1) is 7.30. The Hall–Kier alpha value is -0.670. The minimum atomic E-state index is -2.48. The van der Waals surface area contributed by atoms with Crippen LogP contribution in [0, 0.1) is 11.8 Å². The number of fused-ring (bicyclic) bond motifs is 1. The molecule has 0 aromatic carbocycles. The number of hydrogen-bond donors (Lipinski definition) is 1. The molecule has 1 N–H and O–H groups in total. The summed E-state index contributed by atoms with van der Waals surface area (Å²) in [5.41, 5.74) is -0.262. The monoisotopic (exact) mass is 231 g/mol. The van der Waals surface area contributed by atoms with Crippen molar-refractivity contribution in [1.29, 1.82) is 0 Å². The van der Waals surface area contributed by atoms with Crippen LogP contribution in [0.5, 0.6) is 0 Å². The maximum absolute atomic E-state index is 13.3. The van der Waals surface area contributed by atoms with Crippen LogP contribution in [0.2, 0.25) is 0 Å². The quantitative estimate of drug-likeness (QED) is 0.738. The summed E-state index contributed by atoms with van der Waals surface area (Å²) in [5, 5.41) is 2.92. The van der Waals surface area contributed by atoms with E-state index in [1.54, 1.807) is 0 Å². The summed E-state index contributed by atoms with van der Waals surface area (Å²) in [6.07, 6.45) is 2.18. The van der Waals surface area contributed by atoms with Crippen LogP contribution in [0.25, 0.3) is 0 Å². The Morgan fingerprint density at radius 2 is 1.88 bits per heavy atom. The molecule has 92 valence electrons. The minimum absolute atomic E-state index is 0.00679. The molecule has 2 nitrogen and oxygen atoms in total. The van der Waals surface area contributed by atoms with Crippen molar-refractivity contribution in [3.63, 3.8) is 0 Å². The molecule has 0 aromatic rings. The van der Waals surface area contributed by atoms with Gasteiger partial charge in [0.1, 0.15) is 0 Å². The van der Waals surface area contributed by atoms with E-state index < -0.39 is 5.92 Å². The fraction of sp³-hybridized carbons (Fsp3) is 0.917. The summed E-state index contributed by atoms with van der Waals surface area (Å²) < 4.78 is 26.5. The Morgan fingerprint density at radius 3 is 2.50 bits per heavy atom. The SMILES string of the molecule is CC(=O)N[C@]1(C)CC2CCC(F)(F)C[C@H]2C1. The highest BCUT2D eigenvalue weighted by atomic mass is 19.3. The lowest BCUT2D eigenvalue weighted by atomic mass is 9.80. The molecular weight excluding hydrogens is 212 g/mol. The first-order valence-corrected chi connectivity index (χ1v) is 5.96. The summed E-state index contributed by atoms with van der Waals surface area (Å²) in [4.78, 5) is 11.1. The van der Waals surface area contributed by atoms with E-state index in [0.29, 0.717) is 18.8 Å². The van der Waals surface area contributed by atoms with Crippen LogP contribution in [0.15, 0.2) is 0 Å². The number of amides is 1. The van der Waals surface area contributed by atoms with Crippen LogP contribution in [0.3, 0.4) is 0 Å². The van der Waals surface area contributed by atoms with Gasteiger partial charge in [-0.25, -0.2) is 8.78 Å². The van der Waals surface area contributed by atoms with Crippen LogP contribution in [0.4, 0.5) is 8.78 Å². The first kappa shape index (κ1) is 11.8. The lowest BCUT2D eigenvalue weighted by Crippen LogP contribution is -2.43. The second-order valence-corrected chi connectivity index (χ2v) is 5.77. The molecule has 3 atom stereocenters. The molecule has 0 saturated heterocycles. The predicted molar refractivity (Wildman–Crippen MR) is 57.2 cm³/mol. The van der Waals surface area contributed by atoms with Crippen LogP contribution >= 0.6 is 0 Å². The first-order valence-electron chi connectivity index (χ1n) is 5.96. The van der Waals surface area contributed by atoms with Gasteiger partial charge in [-0.05, 0) is 38.0 Å². The van der Waals surface area contributed by atoms with Crippen molar-refractivity contribution >= 4 is 5.91 Å². The van der Waals surface area contributed by atoms with Crippen LogP contribution in [-0.2, 0) is 4.79 Å². The Morgan fingerprint density at radius 1 is 1.25 bits per heavy atom. The Kier molecular flexibility index (Phi) is 2.71. The molecule has 0 aromatic heterocycles. The van der Waals surface area contributed by atoms with Crippen molar-refractivity contribution in [1.82, 2.24) is 5.32 Å².